The topological polar surface area (TPSA) is 29.9 Å². The lowest BCUT2D eigenvalue weighted by molar-refractivity contribution is 1.03. The lowest BCUT2D eigenvalue weighted by atomic mass is 10.3. The van der Waals surface area contributed by atoms with Gasteiger partial charge in [0.1, 0.15) is 0 Å². The summed E-state index contributed by atoms with van der Waals surface area (Å²) in [6.45, 7) is 4.36. The van der Waals surface area contributed by atoms with Crippen molar-refractivity contribution in [2.24, 2.45) is 0 Å². The first-order valence-electron chi connectivity index (χ1n) is 5.06. The van der Waals surface area contributed by atoms with Gasteiger partial charge in [-0.1, -0.05) is 22.0 Å². The van der Waals surface area contributed by atoms with Crippen LogP contribution in [0.4, 0.5) is 5.95 Å². The van der Waals surface area contributed by atoms with E-state index in [1.165, 1.54) is 0 Å². The normalized spacial score (nSPS) is 10.2. The summed E-state index contributed by atoms with van der Waals surface area (Å²) in [6, 6.07) is 6.02. The Hall–Kier alpha value is -1.07. The number of halogens is 2. The number of hydrogen-bond donors (Lipinski definition) is 1. The van der Waals surface area contributed by atoms with Gasteiger partial charge in [-0.3, -0.25) is 4.57 Å². The summed E-state index contributed by atoms with van der Waals surface area (Å²) in [5, 5.41) is 3.19. The highest BCUT2D eigenvalue weighted by Crippen LogP contribution is 2.27. The predicted molar refractivity (Wildman–Crippen MR) is 77.7 cm³/mol. The Bertz CT molecular complexity index is 534. The molecule has 0 aliphatic heterocycles. The minimum absolute atomic E-state index is 0.683. The van der Waals surface area contributed by atoms with Crippen LogP contribution in [0.3, 0.4) is 0 Å². The second-order valence-electron chi connectivity index (χ2n) is 3.39. The molecule has 17 heavy (non-hydrogen) atoms. The summed E-state index contributed by atoms with van der Waals surface area (Å²) < 4.78 is 4.03. The fourth-order valence-corrected chi connectivity index (χ4v) is 2.25. The van der Waals surface area contributed by atoms with Crippen molar-refractivity contribution in [1.82, 2.24) is 9.55 Å². The van der Waals surface area contributed by atoms with Crippen molar-refractivity contribution in [3.05, 3.63) is 52.2 Å². The molecular weight excluding hydrogens is 346 g/mol. The number of hydrogen-bond acceptors (Lipinski definition) is 2. The monoisotopic (exact) mass is 355 g/mol. The van der Waals surface area contributed by atoms with Gasteiger partial charge in [-0.25, -0.2) is 4.98 Å². The van der Waals surface area contributed by atoms with Crippen molar-refractivity contribution in [2.45, 2.75) is 0 Å². The van der Waals surface area contributed by atoms with E-state index in [0.29, 0.717) is 6.54 Å². The number of rotatable bonds is 4. The number of benzene rings is 1. The van der Waals surface area contributed by atoms with Crippen LogP contribution in [0.15, 0.2) is 52.2 Å². The zero-order valence-corrected chi connectivity index (χ0v) is 12.2. The van der Waals surface area contributed by atoms with Crippen molar-refractivity contribution in [3.8, 4) is 5.69 Å². The number of aromatic nitrogens is 2. The summed E-state index contributed by atoms with van der Waals surface area (Å²) in [5.74, 6) is 0.795. The van der Waals surface area contributed by atoms with Crippen LogP contribution in [0.25, 0.3) is 5.69 Å². The standard InChI is InChI=1S/C12H11Br2N3/c1-2-5-15-12-16-6-7-17(12)11-8-9(13)3-4-10(11)14/h2-4,6-8H,1,5H2,(H,15,16). The van der Waals surface area contributed by atoms with Crippen LogP contribution < -0.4 is 5.32 Å². The Morgan fingerprint density at radius 1 is 1.41 bits per heavy atom. The molecule has 3 nitrogen and oxygen atoms in total. The van der Waals surface area contributed by atoms with E-state index in [0.717, 1.165) is 20.6 Å². The predicted octanol–water partition coefficient (Wildman–Crippen LogP) is 4.00. The molecule has 1 aromatic carbocycles. The average molecular weight is 357 g/mol. The second kappa shape index (κ2) is 5.51. The first-order chi connectivity index (χ1) is 8.22. The molecule has 0 fully saturated rings. The van der Waals surface area contributed by atoms with E-state index in [1.807, 2.05) is 29.0 Å². The Morgan fingerprint density at radius 3 is 3.00 bits per heavy atom. The van der Waals surface area contributed by atoms with Crippen LogP contribution in [0.1, 0.15) is 0 Å². The molecule has 1 heterocycles. The molecule has 2 rings (SSSR count). The summed E-state index contributed by atoms with van der Waals surface area (Å²) >= 11 is 7.00. The first kappa shape index (κ1) is 12.4. The lowest BCUT2D eigenvalue weighted by Gasteiger charge is -2.10. The molecule has 0 aliphatic carbocycles. The Balaban J connectivity index is 2.42. The Morgan fingerprint density at radius 2 is 2.24 bits per heavy atom. The first-order valence-corrected chi connectivity index (χ1v) is 6.64. The number of anilines is 1. The second-order valence-corrected chi connectivity index (χ2v) is 5.16. The maximum absolute atomic E-state index is 4.27. The van der Waals surface area contributed by atoms with Crippen molar-refractivity contribution in [2.75, 3.05) is 11.9 Å². The quantitative estimate of drug-likeness (QED) is 0.839. The molecule has 0 radical (unpaired) electrons. The maximum Gasteiger partial charge on any atom is 0.207 e. The van der Waals surface area contributed by atoms with Gasteiger partial charge in [0.05, 0.1) is 5.69 Å². The van der Waals surface area contributed by atoms with Crippen LogP contribution in [0, 0.1) is 0 Å². The van der Waals surface area contributed by atoms with Gasteiger partial charge in [0.2, 0.25) is 5.95 Å². The molecule has 0 saturated carbocycles. The largest absolute Gasteiger partial charge is 0.352 e. The van der Waals surface area contributed by atoms with Crippen LogP contribution in [0.5, 0.6) is 0 Å². The minimum Gasteiger partial charge on any atom is -0.352 e. The van der Waals surface area contributed by atoms with Gasteiger partial charge in [0.15, 0.2) is 0 Å². The van der Waals surface area contributed by atoms with E-state index in [2.05, 4.69) is 48.7 Å². The highest BCUT2D eigenvalue weighted by molar-refractivity contribution is 9.11. The van der Waals surface area contributed by atoms with E-state index in [1.54, 1.807) is 12.3 Å². The minimum atomic E-state index is 0.683. The van der Waals surface area contributed by atoms with E-state index in [4.69, 9.17) is 0 Å². The molecule has 2 aromatic rings. The fraction of sp³-hybridized carbons (Fsp3) is 0.0833. The molecule has 0 unspecified atom stereocenters. The van der Waals surface area contributed by atoms with Crippen LogP contribution in [-0.4, -0.2) is 16.1 Å². The third-order valence-electron chi connectivity index (χ3n) is 2.21. The zero-order chi connectivity index (χ0) is 12.3. The van der Waals surface area contributed by atoms with Crippen LogP contribution in [-0.2, 0) is 0 Å². The van der Waals surface area contributed by atoms with Gasteiger partial charge in [-0.2, -0.15) is 0 Å². The van der Waals surface area contributed by atoms with E-state index >= 15 is 0 Å². The van der Waals surface area contributed by atoms with Gasteiger partial charge in [-0.15, -0.1) is 6.58 Å². The molecule has 0 atom stereocenters. The van der Waals surface area contributed by atoms with Crippen molar-refractivity contribution in [1.29, 1.82) is 0 Å². The zero-order valence-electron chi connectivity index (χ0n) is 9.03. The molecule has 0 saturated heterocycles. The maximum atomic E-state index is 4.27. The molecule has 0 bridgehead atoms. The van der Waals surface area contributed by atoms with Gasteiger partial charge in [-0.05, 0) is 34.1 Å². The molecule has 1 N–H and O–H groups in total. The Labute approximate surface area is 117 Å². The highest BCUT2D eigenvalue weighted by atomic mass is 79.9. The number of nitrogens with zero attached hydrogens (tertiary/aromatic N) is 2. The van der Waals surface area contributed by atoms with Crippen LogP contribution >= 0.6 is 31.9 Å². The molecule has 0 amide bonds. The summed E-state index contributed by atoms with van der Waals surface area (Å²) in [5.41, 5.74) is 1.03. The summed E-state index contributed by atoms with van der Waals surface area (Å²) in [4.78, 5) is 4.27. The molecule has 88 valence electrons. The third-order valence-corrected chi connectivity index (χ3v) is 3.38. The fourth-order valence-electron chi connectivity index (χ4n) is 1.46. The van der Waals surface area contributed by atoms with Gasteiger partial charge in [0, 0.05) is 27.9 Å². The smallest absolute Gasteiger partial charge is 0.207 e. The summed E-state index contributed by atoms with van der Waals surface area (Å²) in [6.07, 6.45) is 5.48. The molecule has 0 aliphatic rings. The summed E-state index contributed by atoms with van der Waals surface area (Å²) in [7, 11) is 0. The SMILES string of the molecule is C=CCNc1nccn1-c1cc(Br)ccc1Br. The van der Waals surface area contributed by atoms with Gasteiger partial charge >= 0.3 is 0 Å². The Kier molecular flexibility index (Phi) is 4.02. The molecule has 1 aromatic heterocycles. The van der Waals surface area contributed by atoms with Gasteiger partial charge < -0.3 is 5.32 Å². The van der Waals surface area contributed by atoms with E-state index < -0.39 is 0 Å². The van der Waals surface area contributed by atoms with Crippen molar-refractivity contribution >= 4 is 37.8 Å². The molecule has 0 spiro atoms. The van der Waals surface area contributed by atoms with E-state index in [-0.39, 0.29) is 0 Å². The van der Waals surface area contributed by atoms with Crippen LogP contribution in [0.2, 0.25) is 0 Å². The van der Waals surface area contributed by atoms with Crippen molar-refractivity contribution in [3.63, 3.8) is 0 Å². The van der Waals surface area contributed by atoms with Gasteiger partial charge in [0.25, 0.3) is 0 Å². The number of imidazole rings is 1. The third kappa shape index (κ3) is 2.79. The number of nitrogens with one attached hydrogen (secondary N) is 1. The highest BCUT2D eigenvalue weighted by Gasteiger charge is 2.07. The van der Waals surface area contributed by atoms with Crippen molar-refractivity contribution < 1.29 is 0 Å². The lowest BCUT2D eigenvalue weighted by Crippen LogP contribution is -2.06. The molecule has 5 heteroatoms. The van der Waals surface area contributed by atoms with E-state index in [9.17, 15) is 0 Å². The average Bonchev–Trinajstić information content (AvgIpc) is 2.77. The molecular formula is C12H11Br2N3.